The first-order chi connectivity index (χ1) is 9.61. The molecule has 0 saturated heterocycles. The van der Waals surface area contributed by atoms with Crippen molar-refractivity contribution in [2.24, 2.45) is 0 Å². The number of hydrogen-bond donors (Lipinski definition) is 3. The third-order valence-electron chi connectivity index (χ3n) is 2.60. The molecule has 0 unspecified atom stereocenters. The molecule has 0 aliphatic rings. The molecule has 7 nitrogen and oxygen atoms in total. The van der Waals surface area contributed by atoms with Gasteiger partial charge in [0, 0.05) is 6.07 Å². The third-order valence-corrected chi connectivity index (χ3v) is 2.60. The van der Waals surface area contributed by atoms with Gasteiger partial charge in [0.05, 0.1) is 6.54 Å². The molecule has 20 heavy (non-hydrogen) atoms. The number of nitrogens with one attached hydrogen (secondary N) is 1. The van der Waals surface area contributed by atoms with Crippen molar-refractivity contribution in [1.82, 2.24) is 5.48 Å². The van der Waals surface area contributed by atoms with E-state index in [1.807, 2.05) is 6.07 Å². The molecule has 0 atom stereocenters. The van der Waals surface area contributed by atoms with Gasteiger partial charge in [0.25, 0.3) is 0 Å². The zero-order chi connectivity index (χ0) is 14.5. The lowest BCUT2D eigenvalue weighted by Gasteiger charge is -2.16. The van der Waals surface area contributed by atoms with E-state index in [0.717, 1.165) is 10.5 Å². The van der Waals surface area contributed by atoms with Crippen LogP contribution in [-0.2, 0) is 6.54 Å². The number of nitrogens with zero attached hydrogens (tertiary/aromatic N) is 1. The van der Waals surface area contributed by atoms with Gasteiger partial charge in [-0.15, -0.1) is 0 Å². The molecule has 0 spiro atoms. The lowest BCUT2D eigenvalue weighted by Crippen LogP contribution is -2.28. The number of amides is 2. The lowest BCUT2D eigenvalue weighted by molar-refractivity contribution is 0.0676. The zero-order valence-electron chi connectivity index (χ0n) is 10.3. The summed E-state index contributed by atoms with van der Waals surface area (Å²) in [5, 5.41) is 17.7. The minimum Gasteiger partial charge on any atom is -0.465 e. The number of furan rings is 1. The second-order valence-corrected chi connectivity index (χ2v) is 3.93. The van der Waals surface area contributed by atoms with Crippen LogP contribution in [0.5, 0.6) is 0 Å². The molecule has 0 saturated carbocycles. The van der Waals surface area contributed by atoms with Crippen LogP contribution in [0.3, 0.4) is 0 Å². The van der Waals surface area contributed by atoms with Crippen molar-refractivity contribution in [3.8, 4) is 0 Å². The van der Waals surface area contributed by atoms with E-state index in [-0.39, 0.29) is 18.2 Å². The Morgan fingerprint density at radius 3 is 2.45 bits per heavy atom. The van der Waals surface area contributed by atoms with Crippen molar-refractivity contribution < 1.29 is 24.3 Å². The molecule has 0 aliphatic carbocycles. The third kappa shape index (κ3) is 2.96. The fraction of sp³-hybridized carbons (Fsp3) is 0.0769. The van der Waals surface area contributed by atoms with E-state index in [2.05, 4.69) is 0 Å². The van der Waals surface area contributed by atoms with Gasteiger partial charge in [-0.25, -0.2) is 15.2 Å². The molecule has 2 aromatic rings. The van der Waals surface area contributed by atoms with Crippen molar-refractivity contribution in [2.75, 3.05) is 4.90 Å². The predicted molar refractivity (Wildman–Crippen MR) is 68.6 cm³/mol. The van der Waals surface area contributed by atoms with E-state index >= 15 is 0 Å². The Hall–Kier alpha value is -2.80. The van der Waals surface area contributed by atoms with Gasteiger partial charge in [0.15, 0.2) is 5.76 Å². The topological polar surface area (TPSA) is 103 Å². The number of hydrogen-bond acceptors (Lipinski definition) is 4. The highest BCUT2D eigenvalue weighted by molar-refractivity contribution is 5.92. The minimum atomic E-state index is -1.21. The average Bonchev–Trinajstić information content (AvgIpc) is 2.94. The highest BCUT2D eigenvalue weighted by Crippen LogP contribution is 2.21. The summed E-state index contributed by atoms with van der Waals surface area (Å²) < 4.78 is 5.11. The van der Waals surface area contributed by atoms with Crippen LogP contribution in [0.4, 0.5) is 10.7 Å². The molecule has 0 fully saturated rings. The van der Waals surface area contributed by atoms with E-state index in [1.54, 1.807) is 24.3 Å². The minimum absolute atomic E-state index is 0.0000435. The Balaban J connectivity index is 2.23. The van der Waals surface area contributed by atoms with Gasteiger partial charge in [-0.1, -0.05) is 30.3 Å². The standard InChI is InChI=1S/C13H12N2O5/c16-12(14-19)10-6-7-11(20-10)15(13(17)18)8-9-4-2-1-3-5-9/h1-7,19H,8H2,(H,14,16)(H,17,18). The SMILES string of the molecule is O=C(NO)c1ccc(N(Cc2ccccc2)C(=O)O)o1. The van der Waals surface area contributed by atoms with Crippen LogP contribution in [0.1, 0.15) is 16.1 Å². The van der Waals surface area contributed by atoms with E-state index in [9.17, 15) is 14.7 Å². The molecule has 2 rings (SSSR count). The molecule has 1 aromatic carbocycles. The van der Waals surface area contributed by atoms with Crippen LogP contribution in [0.25, 0.3) is 0 Å². The number of carbonyl (C=O) groups is 2. The summed E-state index contributed by atoms with van der Waals surface area (Å²) in [6, 6.07) is 11.6. The Kier molecular flexibility index (Phi) is 4.02. The fourth-order valence-electron chi connectivity index (χ4n) is 1.66. The van der Waals surface area contributed by atoms with Crippen molar-refractivity contribution in [1.29, 1.82) is 0 Å². The van der Waals surface area contributed by atoms with Crippen LogP contribution in [0.15, 0.2) is 46.9 Å². The molecule has 0 bridgehead atoms. The summed E-state index contributed by atoms with van der Waals surface area (Å²) in [7, 11) is 0. The average molecular weight is 276 g/mol. The Morgan fingerprint density at radius 2 is 1.85 bits per heavy atom. The molecular weight excluding hydrogens is 264 g/mol. The van der Waals surface area contributed by atoms with Crippen molar-refractivity contribution in [3.63, 3.8) is 0 Å². The predicted octanol–water partition coefficient (Wildman–Crippen LogP) is 2.08. The lowest BCUT2D eigenvalue weighted by atomic mass is 10.2. The van der Waals surface area contributed by atoms with Crippen molar-refractivity contribution in [2.45, 2.75) is 6.54 Å². The Morgan fingerprint density at radius 1 is 1.15 bits per heavy atom. The highest BCUT2D eigenvalue weighted by atomic mass is 16.5. The first-order valence-corrected chi connectivity index (χ1v) is 5.70. The molecule has 2 amide bonds. The smallest absolute Gasteiger partial charge is 0.414 e. The Labute approximate surface area is 114 Å². The van der Waals surface area contributed by atoms with Crippen LogP contribution in [-0.4, -0.2) is 22.3 Å². The fourth-order valence-corrected chi connectivity index (χ4v) is 1.66. The van der Waals surface area contributed by atoms with E-state index in [4.69, 9.17) is 9.62 Å². The summed E-state index contributed by atoms with van der Waals surface area (Å²) in [5.74, 6) is -1.02. The second-order valence-electron chi connectivity index (χ2n) is 3.93. The van der Waals surface area contributed by atoms with Crippen LogP contribution < -0.4 is 10.4 Å². The van der Waals surface area contributed by atoms with E-state index in [0.29, 0.717) is 0 Å². The molecule has 7 heteroatoms. The van der Waals surface area contributed by atoms with Gasteiger partial charge in [-0.3, -0.25) is 10.0 Å². The summed E-state index contributed by atoms with van der Waals surface area (Å²) >= 11 is 0. The van der Waals surface area contributed by atoms with Gasteiger partial charge >= 0.3 is 12.0 Å². The molecule has 0 radical (unpaired) electrons. The maximum absolute atomic E-state index is 11.3. The number of benzene rings is 1. The van der Waals surface area contributed by atoms with Gasteiger partial charge in [-0.2, -0.15) is 0 Å². The van der Waals surface area contributed by atoms with E-state index in [1.165, 1.54) is 17.6 Å². The van der Waals surface area contributed by atoms with Crippen LogP contribution in [0.2, 0.25) is 0 Å². The molecular formula is C13H12N2O5. The first-order valence-electron chi connectivity index (χ1n) is 5.70. The molecule has 3 N–H and O–H groups in total. The zero-order valence-corrected chi connectivity index (χ0v) is 10.3. The highest BCUT2D eigenvalue weighted by Gasteiger charge is 2.20. The number of rotatable bonds is 4. The van der Waals surface area contributed by atoms with Crippen LogP contribution >= 0.6 is 0 Å². The first kappa shape index (κ1) is 13.6. The molecule has 0 aliphatic heterocycles. The number of anilines is 1. The second kappa shape index (κ2) is 5.89. The maximum Gasteiger partial charge on any atom is 0.414 e. The largest absolute Gasteiger partial charge is 0.465 e. The summed E-state index contributed by atoms with van der Waals surface area (Å²) in [4.78, 5) is 23.4. The van der Waals surface area contributed by atoms with Gasteiger partial charge in [0.1, 0.15) is 0 Å². The molecule has 1 aromatic heterocycles. The molecule has 104 valence electrons. The van der Waals surface area contributed by atoms with Gasteiger partial charge in [0.2, 0.25) is 5.88 Å². The summed E-state index contributed by atoms with van der Waals surface area (Å²) in [5.41, 5.74) is 2.19. The van der Waals surface area contributed by atoms with Gasteiger partial charge < -0.3 is 9.52 Å². The van der Waals surface area contributed by atoms with E-state index < -0.39 is 12.0 Å². The quantitative estimate of drug-likeness (QED) is 0.586. The Bertz CT molecular complexity index is 608. The van der Waals surface area contributed by atoms with Crippen molar-refractivity contribution >= 4 is 17.9 Å². The van der Waals surface area contributed by atoms with Crippen LogP contribution in [0, 0.1) is 0 Å². The molecule has 1 heterocycles. The normalized spacial score (nSPS) is 10.1. The maximum atomic E-state index is 11.3. The number of hydroxylamine groups is 1. The monoisotopic (exact) mass is 276 g/mol. The summed E-state index contributed by atoms with van der Waals surface area (Å²) in [6.07, 6.45) is -1.21. The van der Waals surface area contributed by atoms with Gasteiger partial charge in [-0.05, 0) is 11.6 Å². The number of carboxylic acid groups (broad SMARTS) is 1. The number of carbonyl (C=O) groups excluding carboxylic acids is 1. The summed E-state index contributed by atoms with van der Waals surface area (Å²) in [6.45, 7) is 0.0872. The van der Waals surface area contributed by atoms with Crippen molar-refractivity contribution in [3.05, 3.63) is 53.8 Å².